The van der Waals surface area contributed by atoms with Gasteiger partial charge in [0.25, 0.3) is 0 Å². The quantitative estimate of drug-likeness (QED) is 0.638. The van der Waals surface area contributed by atoms with E-state index >= 15 is 0 Å². The second kappa shape index (κ2) is 6.58. The summed E-state index contributed by atoms with van der Waals surface area (Å²) in [5.41, 5.74) is 5.97. The molecule has 3 nitrogen and oxygen atoms in total. The Hall–Kier alpha value is -0.120. The van der Waals surface area contributed by atoms with Crippen molar-refractivity contribution < 1.29 is 0 Å². The Balaban J connectivity index is 2.19. The molecule has 96 valence electrons. The van der Waals surface area contributed by atoms with Crippen LogP contribution in [0.1, 0.15) is 38.5 Å². The molecule has 1 aliphatic carbocycles. The largest absolute Gasteiger partial charge is 0.330 e. The van der Waals surface area contributed by atoms with Crippen molar-refractivity contribution in [2.45, 2.75) is 44.1 Å². The summed E-state index contributed by atoms with van der Waals surface area (Å²) in [5.74, 6) is 0. The highest BCUT2D eigenvalue weighted by Crippen LogP contribution is 2.36. The van der Waals surface area contributed by atoms with Crippen LogP contribution in [0.4, 0.5) is 0 Å². The first-order valence-electron chi connectivity index (χ1n) is 6.67. The lowest BCUT2D eigenvalue weighted by atomic mass is 9.75. The van der Waals surface area contributed by atoms with Crippen LogP contribution in [0.5, 0.6) is 0 Å². The molecule has 0 bridgehead atoms. The number of hydrogen-bond donors (Lipinski definition) is 1. The average molecular weight is 227 g/mol. The van der Waals surface area contributed by atoms with Gasteiger partial charge in [0.05, 0.1) is 0 Å². The van der Waals surface area contributed by atoms with Crippen LogP contribution in [0.15, 0.2) is 0 Å². The van der Waals surface area contributed by atoms with Crippen molar-refractivity contribution in [1.29, 1.82) is 0 Å². The molecule has 0 amide bonds. The van der Waals surface area contributed by atoms with E-state index in [2.05, 4.69) is 30.9 Å². The molecule has 1 rings (SSSR count). The minimum Gasteiger partial charge on any atom is -0.330 e. The number of unbranched alkanes of at least 4 members (excludes halogenated alkanes) is 2. The molecule has 1 saturated carbocycles. The van der Waals surface area contributed by atoms with Crippen molar-refractivity contribution in [2.24, 2.45) is 5.73 Å². The summed E-state index contributed by atoms with van der Waals surface area (Å²) in [5, 5.41) is 0. The lowest BCUT2D eigenvalue weighted by Crippen LogP contribution is -2.56. The highest BCUT2D eigenvalue weighted by atomic mass is 15.2. The van der Waals surface area contributed by atoms with E-state index in [1.165, 1.54) is 51.6 Å². The first-order valence-corrected chi connectivity index (χ1v) is 6.67. The zero-order valence-corrected chi connectivity index (χ0v) is 11.3. The summed E-state index contributed by atoms with van der Waals surface area (Å²) >= 11 is 0. The van der Waals surface area contributed by atoms with E-state index < -0.39 is 0 Å². The van der Waals surface area contributed by atoms with Gasteiger partial charge in [-0.25, -0.2) is 0 Å². The molecule has 0 heterocycles. The van der Waals surface area contributed by atoms with Gasteiger partial charge in [0.2, 0.25) is 0 Å². The van der Waals surface area contributed by atoms with E-state index in [1.54, 1.807) is 0 Å². The maximum Gasteiger partial charge on any atom is 0.0330 e. The minimum atomic E-state index is 0.475. The van der Waals surface area contributed by atoms with Crippen LogP contribution in [0, 0.1) is 0 Å². The molecule has 0 aromatic carbocycles. The topological polar surface area (TPSA) is 32.5 Å². The van der Waals surface area contributed by atoms with E-state index in [9.17, 15) is 0 Å². The van der Waals surface area contributed by atoms with E-state index in [4.69, 9.17) is 5.73 Å². The normalized spacial score (nSPS) is 19.1. The van der Waals surface area contributed by atoms with Gasteiger partial charge in [-0.1, -0.05) is 6.42 Å². The highest BCUT2D eigenvalue weighted by molar-refractivity contribution is 4.97. The molecule has 16 heavy (non-hydrogen) atoms. The number of nitrogens with zero attached hydrogens (tertiary/aromatic N) is 2. The van der Waals surface area contributed by atoms with Crippen LogP contribution in [0.2, 0.25) is 0 Å². The molecule has 0 spiro atoms. The third-order valence-corrected chi connectivity index (χ3v) is 4.04. The summed E-state index contributed by atoms with van der Waals surface area (Å²) in [4.78, 5) is 4.92. The van der Waals surface area contributed by atoms with Gasteiger partial charge in [-0.3, -0.25) is 0 Å². The van der Waals surface area contributed by atoms with Crippen molar-refractivity contribution in [3.05, 3.63) is 0 Å². The zero-order valence-electron chi connectivity index (χ0n) is 11.3. The molecule has 0 radical (unpaired) electrons. The van der Waals surface area contributed by atoms with Crippen LogP contribution in [0.25, 0.3) is 0 Å². The third-order valence-electron chi connectivity index (χ3n) is 4.04. The van der Waals surface area contributed by atoms with Gasteiger partial charge in [0.15, 0.2) is 0 Å². The van der Waals surface area contributed by atoms with E-state index in [0.29, 0.717) is 5.54 Å². The molecule has 3 heteroatoms. The Morgan fingerprint density at radius 2 is 1.75 bits per heavy atom. The van der Waals surface area contributed by atoms with Crippen LogP contribution in [0.3, 0.4) is 0 Å². The van der Waals surface area contributed by atoms with E-state index in [1.807, 2.05) is 0 Å². The lowest BCUT2D eigenvalue weighted by molar-refractivity contribution is 0.0275. The van der Waals surface area contributed by atoms with Gasteiger partial charge in [-0.05, 0) is 66.3 Å². The van der Waals surface area contributed by atoms with Crippen molar-refractivity contribution in [3.8, 4) is 0 Å². The van der Waals surface area contributed by atoms with E-state index in [0.717, 1.165) is 6.54 Å². The van der Waals surface area contributed by atoms with Crippen molar-refractivity contribution in [2.75, 3.05) is 40.8 Å². The number of hydrogen-bond acceptors (Lipinski definition) is 3. The van der Waals surface area contributed by atoms with Crippen LogP contribution in [-0.4, -0.2) is 56.1 Å². The minimum absolute atomic E-state index is 0.475. The fourth-order valence-electron chi connectivity index (χ4n) is 2.62. The molecular formula is C13H29N3. The highest BCUT2D eigenvalue weighted by Gasteiger charge is 2.39. The SMILES string of the molecule is CN(CCCCCN)CC1(N(C)C)CCC1. The number of likely N-dealkylation sites (N-methyl/N-ethyl adjacent to an activating group) is 2. The van der Waals surface area contributed by atoms with Crippen molar-refractivity contribution in [1.82, 2.24) is 9.80 Å². The number of nitrogens with two attached hydrogens (primary N) is 1. The fourth-order valence-corrected chi connectivity index (χ4v) is 2.62. The monoisotopic (exact) mass is 227 g/mol. The smallest absolute Gasteiger partial charge is 0.0330 e. The van der Waals surface area contributed by atoms with Crippen molar-refractivity contribution >= 4 is 0 Å². The second-order valence-corrected chi connectivity index (χ2v) is 5.56. The van der Waals surface area contributed by atoms with Crippen LogP contribution >= 0.6 is 0 Å². The van der Waals surface area contributed by atoms with Gasteiger partial charge in [0.1, 0.15) is 0 Å². The maximum absolute atomic E-state index is 5.50. The fraction of sp³-hybridized carbons (Fsp3) is 1.00. The molecule has 1 aliphatic rings. The summed E-state index contributed by atoms with van der Waals surface area (Å²) in [6, 6.07) is 0. The first kappa shape index (κ1) is 13.9. The average Bonchev–Trinajstić information content (AvgIpc) is 2.18. The molecule has 0 unspecified atom stereocenters. The third kappa shape index (κ3) is 3.72. The Morgan fingerprint density at radius 1 is 1.06 bits per heavy atom. The second-order valence-electron chi connectivity index (χ2n) is 5.56. The molecule has 0 aromatic heterocycles. The summed E-state index contributed by atoms with van der Waals surface area (Å²) < 4.78 is 0. The summed E-state index contributed by atoms with van der Waals surface area (Å²) in [6.07, 6.45) is 7.87. The predicted molar refractivity (Wildman–Crippen MR) is 70.7 cm³/mol. The Bertz CT molecular complexity index is 188. The summed E-state index contributed by atoms with van der Waals surface area (Å²) in [7, 11) is 6.70. The predicted octanol–water partition coefficient (Wildman–Crippen LogP) is 1.53. The van der Waals surface area contributed by atoms with Gasteiger partial charge < -0.3 is 15.5 Å². The van der Waals surface area contributed by atoms with Gasteiger partial charge in [-0.2, -0.15) is 0 Å². The van der Waals surface area contributed by atoms with Crippen LogP contribution < -0.4 is 5.73 Å². The summed E-state index contributed by atoms with van der Waals surface area (Å²) in [6.45, 7) is 3.28. The first-order chi connectivity index (χ1) is 7.60. The van der Waals surface area contributed by atoms with Gasteiger partial charge >= 0.3 is 0 Å². The Kier molecular flexibility index (Phi) is 5.73. The van der Waals surface area contributed by atoms with Gasteiger partial charge in [-0.15, -0.1) is 0 Å². The Morgan fingerprint density at radius 3 is 2.19 bits per heavy atom. The molecule has 0 aliphatic heterocycles. The molecule has 2 N–H and O–H groups in total. The molecule has 1 fully saturated rings. The maximum atomic E-state index is 5.50. The Labute approximate surface area is 101 Å². The van der Waals surface area contributed by atoms with Gasteiger partial charge in [0, 0.05) is 12.1 Å². The molecule has 0 saturated heterocycles. The molecule has 0 atom stereocenters. The van der Waals surface area contributed by atoms with Crippen LogP contribution in [-0.2, 0) is 0 Å². The number of rotatable bonds is 8. The molecular weight excluding hydrogens is 198 g/mol. The van der Waals surface area contributed by atoms with E-state index in [-0.39, 0.29) is 0 Å². The molecule has 0 aromatic rings. The zero-order chi connectivity index (χ0) is 12.0. The van der Waals surface area contributed by atoms with Crippen molar-refractivity contribution in [3.63, 3.8) is 0 Å². The lowest BCUT2D eigenvalue weighted by Gasteiger charge is -2.49. The standard InChI is InChI=1S/C13H29N3/c1-15(2)13(8-7-9-13)12-16(3)11-6-4-5-10-14/h4-12,14H2,1-3H3.